The van der Waals surface area contributed by atoms with E-state index in [1.807, 2.05) is 4.68 Å². The number of aromatic nitrogens is 3. The average molecular weight is 330 g/mol. The van der Waals surface area contributed by atoms with Crippen molar-refractivity contribution in [2.45, 2.75) is 58.0 Å². The number of thiophene rings is 1. The quantitative estimate of drug-likeness (QED) is 0.916. The number of aryl methyl sites for hydroxylation is 2. The van der Waals surface area contributed by atoms with Crippen molar-refractivity contribution in [3.05, 3.63) is 33.5 Å². The van der Waals surface area contributed by atoms with Gasteiger partial charge in [-0.15, -0.1) is 11.3 Å². The molecule has 0 aromatic carbocycles. The van der Waals surface area contributed by atoms with Gasteiger partial charge in [0.2, 0.25) is 0 Å². The second-order valence-corrected chi connectivity index (χ2v) is 7.38. The Labute approximate surface area is 140 Å². The fourth-order valence-electron chi connectivity index (χ4n) is 3.50. The maximum Gasteiger partial charge on any atom is 0.262 e. The molecule has 5 nitrogen and oxygen atoms in total. The number of carbonyl (C=O) groups excluding carboxylic acids is 1. The largest absolute Gasteiger partial charge is 0.341 e. The molecule has 2 aromatic rings. The Morgan fingerprint density at radius 3 is 3.04 bits per heavy atom. The first-order chi connectivity index (χ1) is 11.3. The Morgan fingerprint density at radius 1 is 1.43 bits per heavy atom. The maximum absolute atomic E-state index is 12.9. The van der Waals surface area contributed by atoms with Crippen molar-refractivity contribution < 1.29 is 4.79 Å². The number of nitrogens with zero attached hydrogens (tertiary/aromatic N) is 3. The van der Waals surface area contributed by atoms with E-state index < -0.39 is 0 Å². The minimum Gasteiger partial charge on any atom is -0.341 e. The van der Waals surface area contributed by atoms with Gasteiger partial charge in [-0.2, -0.15) is 5.10 Å². The fourth-order valence-corrected chi connectivity index (χ4v) is 4.56. The number of carbonyl (C=O) groups is 1. The third-order valence-electron chi connectivity index (χ3n) is 4.91. The summed E-state index contributed by atoms with van der Waals surface area (Å²) in [5, 5.41) is 9.69. The molecule has 2 aliphatic rings. The van der Waals surface area contributed by atoms with Gasteiger partial charge in [0.05, 0.1) is 10.9 Å². The Hall–Kier alpha value is -1.69. The van der Waals surface area contributed by atoms with E-state index in [9.17, 15) is 4.79 Å². The highest BCUT2D eigenvalue weighted by Crippen LogP contribution is 2.41. The van der Waals surface area contributed by atoms with Crippen LogP contribution in [0.4, 0.5) is 0 Å². The molecule has 1 atom stereocenters. The van der Waals surface area contributed by atoms with E-state index in [0.29, 0.717) is 5.92 Å². The molecule has 4 rings (SSSR count). The number of rotatable bonds is 5. The summed E-state index contributed by atoms with van der Waals surface area (Å²) in [5.74, 6) is 1.47. The standard InChI is InChI=1S/C17H22N4OS/c1-2-21-16(18-10-19-21)14(11-7-8-11)20-17(22)15-13-6-4-3-5-12(13)9-23-15/h9-11,14H,2-8H2,1H3,(H,20,22). The number of hydrogen-bond donors (Lipinski definition) is 1. The lowest BCUT2D eigenvalue weighted by atomic mass is 9.93. The third-order valence-corrected chi connectivity index (χ3v) is 5.98. The molecule has 23 heavy (non-hydrogen) atoms. The molecule has 0 radical (unpaired) electrons. The minimum atomic E-state index is -0.00806. The van der Waals surface area contributed by atoms with Crippen molar-refractivity contribution >= 4 is 17.2 Å². The number of nitrogens with one attached hydrogen (secondary N) is 1. The SMILES string of the molecule is CCn1ncnc1C(NC(=O)c1scc2c1CCCC2)C1CC1. The van der Waals surface area contributed by atoms with Crippen molar-refractivity contribution in [2.24, 2.45) is 5.92 Å². The van der Waals surface area contributed by atoms with E-state index in [2.05, 4.69) is 27.7 Å². The second kappa shape index (κ2) is 6.07. The van der Waals surface area contributed by atoms with Crippen molar-refractivity contribution in [3.63, 3.8) is 0 Å². The fraction of sp³-hybridized carbons (Fsp3) is 0.588. The number of fused-ring (bicyclic) bond motifs is 1. The van der Waals surface area contributed by atoms with Crippen LogP contribution in [0.1, 0.15) is 65.3 Å². The van der Waals surface area contributed by atoms with Gasteiger partial charge in [-0.05, 0) is 67.9 Å². The zero-order chi connectivity index (χ0) is 15.8. The van der Waals surface area contributed by atoms with Crippen LogP contribution in [0.5, 0.6) is 0 Å². The molecule has 0 spiro atoms. The molecule has 2 aliphatic carbocycles. The highest BCUT2D eigenvalue weighted by Gasteiger charge is 2.37. The smallest absolute Gasteiger partial charge is 0.262 e. The topological polar surface area (TPSA) is 59.8 Å². The summed E-state index contributed by atoms with van der Waals surface area (Å²) in [6.07, 6.45) is 8.51. The highest BCUT2D eigenvalue weighted by atomic mass is 32.1. The van der Waals surface area contributed by atoms with Crippen LogP contribution >= 0.6 is 11.3 Å². The van der Waals surface area contributed by atoms with Crippen LogP contribution in [0.15, 0.2) is 11.7 Å². The van der Waals surface area contributed by atoms with Crippen molar-refractivity contribution in [2.75, 3.05) is 0 Å². The van der Waals surface area contributed by atoms with Gasteiger partial charge in [-0.3, -0.25) is 4.79 Å². The lowest BCUT2D eigenvalue weighted by Gasteiger charge is -2.19. The molecule has 0 aliphatic heterocycles. The maximum atomic E-state index is 12.9. The van der Waals surface area contributed by atoms with E-state index in [-0.39, 0.29) is 11.9 Å². The molecule has 1 fully saturated rings. The van der Waals surface area contributed by atoms with Gasteiger partial charge in [0.25, 0.3) is 5.91 Å². The van der Waals surface area contributed by atoms with E-state index in [0.717, 1.165) is 42.9 Å². The van der Waals surface area contributed by atoms with Gasteiger partial charge >= 0.3 is 0 Å². The average Bonchev–Trinajstić information content (AvgIpc) is 3.15. The van der Waals surface area contributed by atoms with Gasteiger partial charge in [0.15, 0.2) is 0 Å². The monoisotopic (exact) mass is 330 g/mol. The number of amides is 1. The molecule has 1 N–H and O–H groups in total. The van der Waals surface area contributed by atoms with Crippen molar-refractivity contribution in [1.29, 1.82) is 0 Å². The van der Waals surface area contributed by atoms with E-state index in [1.165, 1.54) is 24.0 Å². The summed E-state index contributed by atoms with van der Waals surface area (Å²) in [7, 11) is 0. The van der Waals surface area contributed by atoms with Crippen LogP contribution in [0.25, 0.3) is 0 Å². The summed E-state index contributed by atoms with van der Waals surface area (Å²) >= 11 is 1.60. The Balaban J connectivity index is 1.58. The van der Waals surface area contributed by atoms with Crippen LogP contribution in [0.2, 0.25) is 0 Å². The van der Waals surface area contributed by atoms with Crippen LogP contribution in [-0.4, -0.2) is 20.7 Å². The van der Waals surface area contributed by atoms with Crippen LogP contribution in [-0.2, 0) is 19.4 Å². The summed E-state index contributed by atoms with van der Waals surface area (Å²) in [4.78, 5) is 18.2. The highest BCUT2D eigenvalue weighted by molar-refractivity contribution is 7.12. The zero-order valence-electron chi connectivity index (χ0n) is 13.4. The van der Waals surface area contributed by atoms with Gasteiger partial charge in [0.1, 0.15) is 12.2 Å². The lowest BCUT2D eigenvalue weighted by Crippen LogP contribution is -2.32. The van der Waals surface area contributed by atoms with Gasteiger partial charge in [0, 0.05) is 6.54 Å². The second-order valence-electron chi connectivity index (χ2n) is 6.50. The van der Waals surface area contributed by atoms with Crippen molar-refractivity contribution in [1.82, 2.24) is 20.1 Å². The normalized spacial score (nSPS) is 18.5. The van der Waals surface area contributed by atoms with Crippen LogP contribution in [0.3, 0.4) is 0 Å². The zero-order valence-corrected chi connectivity index (χ0v) is 14.2. The van der Waals surface area contributed by atoms with Gasteiger partial charge < -0.3 is 5.32 Å². The predicted molar refractivity (Wildman–Crippen MR) is 89.6 cm³/mol. The van der Waals surface area contributed by atoms with Crippen LogP contribution < -0.4 is 5.32 Å². The van der Waals surface area contributed by atoms with E-state index >= 15 is 0 Å². The summed E-state index contributed by atoms with van der Waals surface area (Å²) in [6, 6.07) is -0.00806. The Bertz CT molecular complexity index is 716. The Kier molecular flexibility index (Phi) is 3.93. The molecule has 1 saturated carbocycles. The first-order valence-electron chi connectivity index (χ1n) is 8.55. The van der Waals surface area contributed by atoms with E-state index in [4.69, 9.17) is 0 Å². The molecule has 122 valence electrons. The Morgan fingerprint density at radius 2 is 2.26 bits per heavy atom. The third kappa shape index (κ3) is 2.80. The first-order valence-corrected chi connectivity index (χ1v) is 9.43. The first kappa shape index (κ1) is 14.9. The molecule has 6 heteroatoms. The number of hydrogen-bond acceptors (Lipinski definition) is 4. The van der Waals surface area contributed by atoms with E-state index in [1.54, 1.807) is 17.7 Å². The molecule has 2 aromatic heterocycles. The lowest BCUT2D eigenvalue weighted by molar-refractivity contribution is 0.0931. The molecule has 1 unspecified atom stereocenters. The summed E-state index contributed by atoms with van der Waals surface area (Å²) < 4.78 is 1.90. The summed E-state index contributed by atoms with van der Waals surface area (Å²) in [6.45, 7) is 2.84. The molecule has 0 bridgehead atoms. The van der Waals surface area contributed by atoms with Crippen LogP contribution in [0, 0.1) is 5.92 Å². The molecular formula is C17H22N4OS. The molecular weight excluding hydrogens is 308 g/mol. The van der Waals surface area contributed by atoms with Gasteiger partial charge in [-0.1, -0.05) is 0 Å². The predicted octanol–water partition coefficient (Wildman–Crippen LogP) is 3.12. The molecule has 1 amide bonds. The summed E-state index contributed by atoms with van der Waals surface area (Å²) in [5.41, 5.74) is 2.66. The van der Waals surface area contributed by atoms with Gasteiger partial charge in [-0.25, -0.2) is 9.67 Å². The minimum absolute atomic E-state index is 0.00806. The molecule has 0 saturated heterocycles. The molecule has 2 heterocycles. The van der Waals surface area contributed by atoms with Crippen molar-refractivity contribution in [3.8, 4) is 0 Å².